The Hall–Kier alpha value is -1.51. The monoisotopic (exact) mass is 334 g/mol. The molecule has 116 valence electrons. The Morgan fingerprint density at radius 3 is 2.29 bits per heavy atom. The van der Waals surface area contributed by atoms with E-state index in [1.54, 1.807) is 13.8 Å². The van der Waals surface area contributed by atoms with E-state index in [1.165, 1.54) is 0 Å². The number of benzene rings is 1. The van der Waals surface area contributed by atoms with Gasteiger partial charge in [-0.3, -0.25) is 14.9 Å². The van der Waals surface area contributed by atoms with Gasteiger partial charge in [-0.15, -0.1) is 0 Å². The number of hydrogen-bond donors (Lipinski definition) is 1. The molecule has 0 aromatic heterocycles. The number of carbonyl (C=O) groups is 1. The summed E-state index contributed by atoms with van der Waals surface area (Å²) in [6, 6.07) is 3.32. The fraction of sp³-hybridized carbons (Fsp3) is 0.417. The lowest BCUT2D eigenvalue weighted by Crippen LogP contribution is -2.43. The minimum absolute atomic E-state index is 0.167. The fourth-order valence-electron chi connectivity index (χ4n) is 1.60. The topological polar surface area (TPSA) is 106 Å². The molecule has 1 N–H and O–H groups in total. The van der Waals surface area contributed by atoms with Crippen LogP contribution in [-0.2, 0) is 14.8 Å². The first-order valence-corrected chi connectivity index (χ1v) is 8.01. The number of halogens is 1. The van der Waals surface area contributed by atoms with E-state index < -0.39 is 26.2 Å². The van der Waals surface area contributed by atoms with Gasteiger partial charge in [0.1, 0.15) is 0 Å². The van der Waals surface area contributed by atoms with Crippen molar-refractivity contribution in [3.63, 3.8) is 0 Å². The van der Waals surface area contributed by atoms with Crippen molar-refractivity contribution in [3.05, 3.63) is 34.4 Å². The average Bonchev–Trinajstić information content (AvgIpc) is 2.43. The van der Waals surface area contributed by atoms with E-state index in [2.05, 4.69) is 4.72 Å². The minimum atomic E-state index is -3.98. The predicted molar refractivity (Wildman–Crippen MR) is 77.5 cm³/mol. The van der Waals surface area contributed by atoms with E-state index in [4.69, 9.17) is 11.6 Å². The van der Waals surface area contributed by atoms with Crippen LogP contribution in [0.1, 0.15) is 20.3 Å². The Labute approximate surface area is 127 Å². The van der Waals surface area contributed by atoms with E-state index in [0.717, 1.165) is 24.3 Å². The SMILES string of the molecule is CC[C@@H](C)[C@H](NS(=O)(=O)c1ccc([N+](=O)[O-])cc1)C(=O)Cl. The van der Waals surface area contributed by atoms with Crippen molar-refractivity contribution in [2.45, 2.75) is 31.2 Å². The summed E-state index contributed by atoms with van der Waals surface area (Å²) in [6.07, 6.45) is 0.561. The van der Waals surface area contributed by atoms with Crippen LogP contribution in [0.5, 0.6) is 0 Å². The van der Waals surface area contributed by atoms with Crippen molar-refractivity contribution in [1.29, 1.82) is 0 Å². The molecule has 0 amide bonds. The lowest BCUT2D eigenvalue weighted by Gasteiger charge is -2.20. The summed E-state index contributed by atoms with van der Waals surface area (Å²) in [5, 5.41) is 9.74. The zero-order valence-corrected chi connectivity index (χ0v) is 13.0. The molecule has 1 aromatic rings. The van der Waals surface area contributed by atoms with Crippen molar-refractivity contribution in [1.82, 2.24) is 4.72 Å². The van der Waals surface area contributed by atoms with Gasteiger partial charge in [0, 0.05) is 12.1 Å². The van der Waals surface area contributed by atoms with E-state index >= 15 is 0 Å². The molecule has 0 aliphatic heterocycles. The van der Waals surface area contributed by atoms with Gasteiger partial charge in [-0.2, -0.15) is 4.72 Å². The summed E-state index contributed by atoms with van der Waals surface area (Å²) in [5.74, 6) is -0.275. The summed E-state index contributed by atoms with van der Waals surface area (Å²) in [4.78, 5) is 21.1. The molecule has 0 unspecified atom stereocenters. The molecule has 0 aliphatic carbocycles. The van der Waals surface area contributed by atoms with Crippen molar-refractivity contribution in [2.24, 2.45) is 5.92 Å². The number of sulfonamides is 1. The molecule has 0 aliphatic rings. The van der Waals surface area contributed by atoms with Gasteiger partial charge in [0.2, 0.25) is 15.3 Å². The third-order valence-electron chi connectivity index (χ3n) is 3.10. The maximum Gasteiger partial charge on any atom is 0.269 e. The van der Waals surface area contributed by atoms with E-state index in [0.29, 0.717) is 6.42 Å². The highest BCUT2D eigenvalue weighted by Gasteiger charge is 2.28. The smallest absolute Gasteiger partial charge is 0.269 e. The van der Waals surface area contributed by atoms with Crippen LogP contribution in [0.2, 0.25) is 0 Å². The van der Waals surface area contributed by atoms with Crippen LogP contribution in [-0.4, -0.2) is 24.6 Å². The Morgan fingerprint density at radius 1 is 1.38 bits per heavy atom. The first kappa shape index (κ1) is 17.5. The van der Waals surface area contributed by atoms with Crippen LogP contribution >= 0.6 is 11.6 Å². The first-order valence-electron chi connectivity index (χ1n) is 6.15. The first-order chi connectivity index (χ1) is 9.69. The number of non-ortho nitro benzene ring substituents is 1. The number of nitro groups is 1. The van der Waals surface area contributed by atoms with E-state index in [-0.39, 0.29) is 16.5 Å². The molecule has 0 bridgehead atoms. The molecule has 1 aromatic carbocycles. The lowest BCUT2D eigenvalue weighted by molar-refractivity contribution is -0.384. The van der Waals surface area contributed by atoms with Crippen LogP contribution in [0.15, 0.2) is 29.2 Å². The quantitative estimate of drug-likeness (QED) is 0.466. The summed E-state index contributed by atoms with van der Waals surface area (Å²) >= 11 is 5.42. The molecule has 1 rings (SSSR count). The molecule has 0 fully saturated rings. The van der Waals surface area contributed by atoms with Crippen molar-refractivity contribution >= 4 is 32.6 Å². The summed E-state index contributed by atoms with van der Waals surface area (Å²) in [7, 11) is -3.98. The zero-order chi connectivity index (χ0) is 16.2. The third-order valence-corrected chi connectivity index (χ3v) is 4.79. The van der Waals surface area contributed by atoms with Crippen LogP contribution < -0.4 is 4.72 Å². The van der Waals surface area contributed by atoms with E-state index in [9.17, 15) is 23.3 Å². The van der Waals surface area contributed by atoms with Crippen molar-refractivity contribution < 1.29 is 18.1 Å². The number of rotatable bonds is 7. The molecule has 9 heteroatoms. The Bertz CT molecular complexity index is 630. The zero-order valence-electron chi connectivity index (χ0n) is 11.4. The second kappa shape index (κ2) is 6.97. The van der Waals surface area contributed by atoms with Crippen molar-refractivity contribution in [3.8, 4) is 0 Å². The molecule has 0 radical (unpaired) electrons. The van der Waals surface area contributed by atoms with Gasteiger partial charge >= 0.3 is 0 Å². The molecule has 0 spiro atoms. The van der Waals surface area contributed by atoms with Gasteiger partial charge in [-0.05, 0) is 29.7 Å². The average molecular weight is 335 g/mol. The molecule has 7 nitrogen and oxygen atoms in total. The van der Waals surface area contributed by atoms with Crippen LogP contribution in [0.25, 0.3) is 0 Å². The molecule has 0 saturated carbocycles. The number of hydrogen-bond acceptors (Lipinski definition) is 5. The molecular formula is C12H15ClN2O5S. The van der Waals surface area contributed by atoms with Gasteiger partial charge in [-0.1, -0.05) is 20.3 Å². The number of nitrogens with one attached hydrogen (secondary N) is 1. The molecular weight excluding hydrogens is 320 g/mol. The van der Waals surface area contributed by atoms with Gasteiger partial charge in [-0.25, -0.2) is 8.42 Å². The molecule has 21 heavy (non-hydrogen) atoms. The summed E-state index contributed by atoms with van der Waals surface area (Å²) in [6.45, 7) is 3.50. The van der Waals surface area contributed by atoms with Gasteiger partial charge in [0.05, 0.1) is 15.9 Å². The van der Waals surface area contributed by atoms with Gasteiger partial charge < -0.3 is 0 Å². The van der Waals surface area contributed by atoms with Crippen LogP contribution in [0.4, 0.5) is 5.69 Å². The van der Waals surface area contributed by atoms with Crippen LogP contribution in [0, 0.1) is 16.0 Å². The van der Waals surface area contributed by atoms with E-state index in [1.807, 2.05) is 0 Å². The molecule has 0 heterocycles. The third kappa shape index (κ3) is 4.48. The molecule has 2 atom stereocenters. The normalized spacial score (nSPS) is 14.4. The minimum Gasteiger partial charge on any atom is -0.279 e. The van der Waals surface area contributed by atoms with Gasteiger partial charge in [0.25, 0.3) is 5.69 Å². The summed E-state index contributed by atoms with van der Waals surface area (Å²) in [5.41, 5.74) is -0.221. The Balaban J connectivity index is 3.04. The lowest BCUT2D eigenvalue weighted by atomic mass is 10.0. The number of carbonyl (C=O) groups excluding carboxylic acids is 1. The highest BCUT2D eigenvalue weighted by molar-refractivity contribution is 7.89. The maximum atomic E-state index is 12.2. The van der Waals surface area contributed by atoms with Gasteiger partial charge in [0.15, 0.2) is 0 Å². The predicted octanol–water partition coefficient (Wildman–Crippen LogP) is 2.05. The van der Waals surface area contributed by atoms with Crippen molar-refractivity contribution in [2.75, 3.05) is 0 Å². The summed E-state index contributed by atoms with van der Waals surface area (Å²) < 4.78 is 26.5. The standard InChI is InChI=1S/C12H15ClN2O5S/c1-3-8(2)11(12(13)16)14-21(19,20)10-6-4-9(5-7-10)15(17)18/h4-8,11,14H,3H2,1-2H3/t8-,11+/m1/s1. The second-order valence-electron chi connectivity index (χ2n) is 4.54. The largest absolute Gasteiger partial charge is 0.279 e. The highest BCUT2D eigenvalue weighted by Crippen LogP contribution is 2.18. The highest BCUT2D eigenvalue weighted by atomic mass is 35.5. The fourth-order valence-corrected chi connectivity index (χ4v) is 3.24. The van der Waals surface area contributed by atoms with Crippen LogP contribution in [0.3, 0.4) is 0 Å². The molecule has 0 saturated heterocycles. The number of nitro benzene ring substituents is 1. The second-order valence-corrected chi connectivity index (χ2v) is 6.63. The maximum absolute atomic E-state index is 12.2. The Kier molecular flexibility index (Phi) is 5.82. The Morgan fingerprint density at radius 2 is 1.90 bits per heavy atom. The number of nitrogens with zero attached hydrogens (tertiary/aromatic N) is 1.